The molecule has 0 bridgehead atoms. The van der Waals surface area contributed by atoms with Gasteiger partial charge in [0.1, 0.15) is 0 Å². The molecule has 32 heavy (non-hydrogen) atoms. The number of fused-ring (bicyclic) bond motifs is 1. The normalized spacial score (nSPS) is 19.1. The zero-order chi connectivity index (χ0) is 23.3. The number of primary amides is 1. The van der Waals surface area contributed by atoms with Crippen molar-refractivity contribution in [3.8, 4) is 5.69 Å². The van der Waals surface area contributed by atoms with Gasteiger partial charge in [-0.15, -0.1) is 0 Å². The van der Waals surface area contributed by atoms with Crippen molar-refractivity contribution in [2.45, 2.75) is 52.1 Å². The van der Waals surface area contributed by atoms with Crippen LogP contribution < -0.4 is 5.73 Å². The summed E-state index contributed by atoms with van der Waals surface area (Å²) in [6, 6.07) is 4.82. The SMILES string of the molecule is CC1(C)CC(=O)c2c(C(F)(F)F)nn(-c3ccc(C(N)=O)c(CC4CCSCC4)c3)c2C1. The van der Waals surface area contributed by atoms with E-state index in [2.05, 4.69) is 5.10 Å². The van der Waals surface area contributed by atoms with Crippen LogP contribution in [0.2, 0.25) is 0 Å². The number of nitrogens with zero attached hydrogens (tertiary/aromatic N) is 2. The van der Waals surface area contributed by atoms with E-state index in [-0.39, 0.29) is 17.7 Å². The molecule has 2 heterocycles. The lowest BCUT2D eigenvalue weighted by molar-refractivity contribution is -0.141. The van der Waals surface area contributed by atoms with Crippen LogP contribution in [0.15, 0.2) is 18.2 Å². The fourth-order valence-electron chi connectivity index (χ4n) is 4.74. The second kappa shape index (κ2) is 8.24. The third kappa shape index (κ3) is 4.44. The molecule has 0 unspecified atom stereocenters. The van der Waals surface area contributed by atoms with Gasteiger partial charge >= 0.3 is 6.18 Å². The molecule has 1 aliphatic carbocycles. The zero-order valence-electron chi connectivity index (χ0n) is 18.1. The number of rotatable bonds is 4. The molecule has 1 fully saturated rings. The quantitative estimate of drug-likeness (QED) is 0.702. The number of hydrogen-bond acceptors (Lipinski definition) is 4. The van der Waals surface area contributed by atoms with Gasteiger partial charge in [0.05, 0.1) is 16.9 Å². The maximum Gasteiger partial charge on any atom is 0.435 e. The molecule has 0 spiro atoms. The molecule has 4 rings (SSSR count). The van der Waals surface area contributed by atoms with E-state index in [1.54, 1.807) is 18.2 Å². The van der Waals surface area contributed by atoms with Gasteiger partial charge in [-0.25, -0.2) is 4.68 Å². The second-order valence-corrected chi connectivity index (χ2v) is 10.7. The first-order valence-corrected chi connectivity index (χ1v) is 11.8. The van der Waals surface area contributed by atoms with Crippen molar-refractivity contribution in [3.63, 3.8) is 0 Å². The summed E-state index contributed by atoms with van der Waals surface area (Å²) >= 11 is 1.90. The highest BCUT2D eigenvalue weighted by atomic mass is 32.2. The number of ketones is 1. The first-order chi connectivity index (χ1) is 15.0. The fraction of sp³-hybridized carbons (Fsp3) is 0.522. The molecular weight excluding hydrogens is 439 g/mol. The number of thioether (sulfide) groups is 1. The van der Waals surface area contributed by atoms with Crippen LogP contribution in [-0.4, -0.2) is 33.0 Å². The minimum Gasteiger partial charge on any atom is -0.366 e. The minimum absolute atomic E-state index is 0.0420. The van der Waals surface area contributed by atoms with E-state index < -0.39 is 29.0 Å². The number of aromatic nitrogens is 2. The van der Waals surface area contributed by atoms with E-state index in [1.165, 1.54) is 4.68 Å². The zero-order valence-corrected chi connectivity index (χ0v) is 18.9. The number of Topliss-reactive ketones (excluding diaryl/α,β-unsaturated/α-hetero) is 1. The van der Waals surface area contributed by atoms with E-state index >= 15 is 0 Å². The Bertz CT molecular complexity index is 1070. The van der Waals surface area contributed by atoms with Gasteiger partial charge in [-0.05, 0) is 72.3 Å². The molecule has 2 aliphatic rings. The summed E-state index contributed by atoms with van der Waals surface area (Å²) in [6.45, 7) is 3.72. The van der Waals surface area contributed by atoms with Crippen molar-refractivity contribution in [2.75, 3.05) is 11.5 Å². The molecule has 0 radical (unpaired) electrons. The number of nitrogens with two attached hydrogens (primary N) is 1. The molecule has 1 saturated heterocycles. The lowest BCUT2D eigenvalue weighted by Crippen LogP contribution is -2.29. The predicted octanol–water partition coefficient (Wildman–Crippen LogP) is 4.83. The Hall–Kier alpha value is -2.29. The molecular formula is C23H26F3N3O2S. The number of carbonyl (C=O) groups is 2. The molecule has 2 aromatic rings. The third-order valence-corrected chi connectivity index (χ3v) is 7.31. The van der Waals surface area contributed by atoms with Crippen molar-refractivity contribution in [2.24, 2.45) is 17.1 Å². The lowest BCUT2D eigenvalue weighted by Gasteiger charge is -2.29. The summed E-state index contributed by atoms with van der Waals surface area (Å²) in [5.41, 5.74) is 5.40. The minimum atomic E-state index is -4.73. The first-order valence-electron chi connectivity index (χ1n) is 10.7. The van der Waals surface area contributed by atoms with Crippen molar-refractivity contribution in [1.82, 2.24) is 9.78 Å². The molecule has 1 aromatic heterocycles. The van der Waals surface area contributed by atoms with Gasteiger partial charge in [-0.2, -0.15) is 30.0 Å². The smallest absolute Gasteiger partial charge is 0.366 e. The Kier molecular flexibility index (Phi) is 5.90. The lowest BCUT2D eigenvalue weighted by atomic mass is 9.75. The van der Waals surface area contributed by atoms with Gasteiger partial charge in [0, 0.05) is 12.0 Å². The van der Waals surface area contributed by atoms with Crippen LogP contribution in [0.25, 0.3) is 5.69 Å². The van der Waals surface area contributed by atoms with Crippen LogP contribution in [-0.2, 0) is 19.0 Å². The van der Waals surface area contributed by atoms with E-state index in [4.69, 9.17) is 5.73 Å². The molecule has 0 saturated carbocycles. The van der Waals surface area contributed by atoms with Crippen molar-refractivity contribution in [3.05, 3.63) is 46.3 Å². The van der Waals surface area contributed by atoms with Gasteiger partial charge in [-0.3, -0.25) is 9.59 Å². The number of benzene rings is 1. The number of alkyl halides is 3. The second-order valence-electron chi connectivity index (χ2n) is 9.49. The van der Waals surface area contributed by atoms with E-state index in [0.29, 0.717) is 35.6 Å². The maximum atomic E-state index is 13.7. The summed E-state index contributed by atoms with van der Waals surface area (Å²) in [5.74, 6) is 1.39. The number of hydrogen-bond donors (Lipinski definition) is 1. The summed E-state index contributed by atoms with van der Waals surface area (Å²) in [6.07, 6.45) is -1.73. The van der Waals surface area contributed by atoms with Crippen molar-refractivity contribution < 1.29 is 22.8 Å². The van der Waals surface area contributed by atoms with Crippen LogP contribution >= 0.6 is 11.8 Å². The van der Waals surface area contributed by atoms with E-state index in [1.807, 2.05) is 25.6 Å². The third-order valence-electron chi connectivity index (χ3n) is 6.26. The summed E-state index contributed by atoms with van der Waals surface area (Å²) < 4.78 is 42.5. The standard InChI is InChI=1S/C23H26F3N3O2S/c1-22(2)11-17-19(18(30)12-22)20(23(24,25)26)28-29(17)15-3-4-16(21(27)31)14(10-15)9-13-5-7-32-8-6-13/h3-4,10,13H,5-9,11-12H2,1-2H3,(H2,27,31). The summed E-state index contributed by atoms with van der Waals surface area (Å²) in [7, 11) is 0. The summed E-state index contributed by atoms with van der Waals surface area (Å²) in [4.78, 5) is 24.7. The number of carbonyl (C=O) groups excluding carboxylic acids is 2. The maximum absolute atomic E-state index is 13.7. The number of amides is 1. The van der Waals surface area contributed by atoms with Crippen molar-refractivity contribution in [1.29, 1.82) is 0 Å². The van der Waals surface area contributed by atoms with Crippen LogP contribution in [0.1, 0.15) is 70.8 Å². The number of halogens is 3. The van der Waals surface area contributed by atoms with Gasteiger partial charge in [0.25, 0.3) is 0 Å². The average molecular weight is 466 g/mol. The Morgan fingerprint density at radius 2 is 1.94 bits per heavy atom. The highest BCUT2D eigenvalue weighted by molar-refractivity contribution is 7.99. The molecule has 1 amide bonds. The monoisotopic (exact) mass is 465 g/mol. The van der Waals surface area contributed by atoms with Gasteiger partial charge < -0.3 is 5.73 Å². The molecule has 172 valence electrons. The highest BCUT2D eigenvalue weighted by Crippen LogP contribution is 2.42. The Balaban J connectivity index is 1.83. The van der Waals surface area contributed by atoms with Gasteiger partial charge in [0.15, 0.2) is 11.5 Å². The van der Waals surface area contributed by atoms with E-state index in [9.17, 15) is 22.8 Å². The molecule has 1 aromatic carbocycles. The van der Waals surface area contributed by atoms with Crippen LogP contribution in [0.5, 0.6) is 0 Å². The molecule has 1 aliphatic heterocycles. The largest absolute Gasteiger partial charge is 0.435 e. The predicted molar refractivity (Wildman–Crippen MR) is 117 cm³/mol. The molecule has 0 atom stereocenters. The van der Waals surface area contributed by atoms with Crippen LogP contribution in [0, 0.1) is 11.3 Å². The van der Waals surface area contributed by atoms with E-state index in [0.717, 1.165) is 24.3 Å². The van der Waals surface area contributed by atoms with Gasteiger partial charge in [0.2, 0.25) is 5.91 Å². The highest BCUT2D eigenvalue weighted by Gasteiger charge is 2.45. The Morgan fingerprint density at radius 3 is 2.56 bits per heavy atom. The molecule has 2 N–H and O–H groups in total. The first kappa shape index (κ1) is 22.9. The average Bonchev–Trinajstić information content (AvgIpc) is 3.07. The Morgan fingerprint density at radius 1 is 1.25 bits per heavy atom. The topological polar surface area (TPSA) is 78.0 Å². The van der Waals surface area contributed by atoms with Crippen molar-refractivity contribution >= 4 is 23.5 Å². The Labute approximate surface area is 188 Å². The fourth-order valence-corrected chi connectivity index (χ4v) is 5.95. The van der Waals surface area contributed by atoms with Gasteiger partial charge in [-0.1, -0.05) is 13.8 Å². The summed E-state index contributed by atoms with van der Waals surface area (Å²) in [5, 5.41) is 3.86. The van der Waals surface area contributed by atoms with Crippen LogP contribution in [0.4, 0.5) is 13.2 Å². The molecule has 9 heteroatoms. The molecule has 5 nitrogen and oxygen atoms in total. The van der Waals surface area contributed by atoms with Crippen LogP contribution in [0.3, 0.4) is 0 Å².